The minimum atomic E-state index is -0.217. The highest BCUT2D eigenvalue weighted by molar-refractivity contribution is 5.94. The molecule has 1 aromatic heterocycles. The van der Waals surface area contributed by atoms with E-state index < -0.39 is 0 Å². The second-order valence-electron chi connectivity index (χ2n) is 7.61. The lowest BCUT2D eigenvalue weighted by atomic mass is 10.1. The maximum Gasteiger partial charge on any atom is 0.251 e. The molecule has 3 aromatic rings. The number of ketones is 1. The number of para-hydroxylation sites is 2. The van der Waals surface area contributed by atoms with E-state index in [1.165, 1.54) is 0 Å². The summed E-state index contributed by atoms with van der Waals surface area (Å²) in [5.41, 5.74) is 3.73. The van der Waals surface area contributed by atoms with E-state index in [-0.39, 0.29) is 17.7 Å². The van der Waals surface area contributed by atoms with Crippen LogP contribution in [0.5, 0.6) is 0 Å². The van der Waals surface area contributed by atoms with Crippen LogP contribution in [0.15, 0.2) is 48.5 Å². The molecule has 1 heterocycles. The van der Waals surface area contributed by atoms with Crippen LogP contribution < -0.4 is 5.32 Å². The Morgan fingerprint density at radius 3 is 2.62 bits per heavy atom. The molecule has 0 fully saturated rings. The minimum absolute atomic E-state index is 0.0224. The van der Waals surface area contributed by atoms with Crippen LogP contribution in [0.4, 0.5) is 0 Å². The summed E-state index contributed by atoms with van der Waals surface area (Å²) in [6, 6.07) is 15.4. The minimum Gasteiger partial charge on any atom is -0.352 e. The van der Waals surface area contributed by atoms with Crippen LogP contribution in [0.2, 0.25) is 0 Å². The fourth-order valence-electron chi connectivity index (χ4n) is 3.56. The zero-order chi connectivity index (χ0) is 20.8. The number of carbonyl (C=O) groups is 2. The average molecular weight is 392 g/mol. The lowest BCUT2D eigenvalue weighted by molar-refractivity contribution is -0.119. The van der Waals surface area contributed by atoms with Gasteiger partial charge in [0.15, 0.2) is 5.78 Å². The van der Waals surface area contributed by atoms with Crippen molar-refractivity contribution < 1.29 is 9.59 Å². The van der Waals surface area contributed by atoms with Crippen molar-refractivity contribution in [1.29, 1.82) is 0 Å². The molecule has 1 atom stereocenters. The number of amides is 1. The molecule has 0 radical (unpaired) electrons. The Morgan fingerprint density at radius 1 is 1.07 bits per heavy atom. The number of benzene rings is 2. The van der Waals surface area contributed by atoms with Crippen LogP contribution in [0.3, 0.4) is 0 Å². The van der Waals surface area contributed by atoms with Gasteiger partial charge in [0, 0.05) is 18.5 Å². The topological polar surface area (TPSA) is 64.0 Å². The van der Waals surface area contributed by atoms with Gasteiger partial charge < -0.3 is 9.88 Å². The third kappa shape index (κ3) is 5.11. The molecule has 1 unspecified atom stereocenters. The van der Waals surface area contributed by atoms with E-state index in [2.05, 4.69) is 9.88 Å². The van der Waals surface area contributed by atoms with E-state index in [0.717, 1.165) is 48.1 Å². The summed E-state index contributed by atoms with van der Waals surface area (Å²) in [6.07, 6.45) is 3.69. The van der Waals surface area contributed by atoms with E-state index in [1.807, 2.05) is 62.4 Å². The van der Waals surface area contributed by atoms with Gasteiger partial charge in [0.25, 0.3) is 5.91 Å². The second-order valence-corrected chi connectivity index (χ2v) is 7.61. The van der Waals surface area contributed by atoms with Crippen molar-refractivity contribution in [2.75, 3.05) is 6.54 Å². The summed E-state index contributed by atoms with van der Waals surface area (Å²) in [5.74, 6) is 1.07. The van der Waals surface area contributed by atoms with Crippen molar-refractivity contribution in [3.05, 3.63) is 65.5 Å². The van der Waals surface area contributed by atoms with Crippen LogP contribution in [0.25, 0.3) is 11.0 Å². The molecular weight excluding hydrogens is 362 g/mol. The zero-order valence-electron chi connectivity index (χ0n) is 17.4. The summed E-state index contributed by atoms with van der Waals surface area (Å²) in [6.45, 7) is 6.20. The number of aryl methyl sites for hydroxylation is 2. The smallest absolute Gasteiger partial charge is 0.251 e. The first kappa shape index (κ1) is 20.8. The van der Waals surface area contributed by atoms with Crippen LogP contribution in [-0.2, 0) is 11.2 Å². The number of nitrogens with one attached hydrogen (secondary N) is 1. The summed E-state index contributed by atoms with van der Waals surface area (Å²) < 4.78 is 2.07. The lowest BCUT2D eigenvalue weighted by Crippen LogP contribution is -2.24. The van der Waals surface area contributed by atoms with Crippen LogP contribution in [0, 0.1) is 6.92 Å². The van der Waals surface area contributed by atoms with Gasteiger partial charge in [-0.1, -0.05) is 36.2 Å². The number of Topliss-reactive ketones (excluding diaryl/α,β-unsaturated/α-hetero) is 1. The lowest BCUT2D eigenvalue weighted by Gasteiger charge is -2.15. The average Bonchev–Trinajstić information content (AvgIpc) is 3.07. The Kier molecular flexibility index (Phi) is 6.81. The molecule has 5 heteroatoms. The molecule has 0 aliphatic heterocycles. The number of fused-ring (bicyclic) bond motifs is 1. The largest absolute Gasteiger partial charge is 0.352 e. The molecule has 0 spiro atoms. The van der Waals surface area contributed by atoms with Gasteiger partial charge in [-0.15, -0.1) is 0 Å². The molecule has 0 bridgehead atoms. The number of aromatic nitrogens is 2. The Balaban J connectivity index is 1.52. The molecule has 0 saturated carbocycles. The van der Waals surface area contributed by atoms with E-state index >= 15 is 0 Å². The second kappa shape index (κ2) is 9.50. The molecule has 0 saturated heterocycles. The molecule has 0 aliphatic carbocycles. The van der Waals surface area contributed by atoms with Crippen LogP contribution in [0.1, 0.15) is 60.9 Å². The van der Waals surface area contributed by atoms with Crippen LogP contribution >= 0.6 is 0 Å². The van der Waals surface area contributed by atoms with Crippen LogP contribution in [-0.4, -0.2) is 27.8 Å². The van der Waals surface area contributed by atoms with E-state index in [9.17, 15) is 9.59 Å². The first-order valence-electron chi connectivity index (χ1n) is 10.3. The Bertz CT molecular complexity index is 1010. The molecule has 5 nitrogen and oxygen atoms in total. The maximum atomic E-state index is 12.2. The van der Waals surface area contributed by atoms with Crippen molar-refractivity contribution in [2.45, 2.75) is 52.5 Å². The van der Waals surface area contributed by atoms with Crippen molar-refractivity contribution in [3.8, 4) is 0 Å². The number of carbonyl (C=O) groups excluding carboxylic acids is 2. The Labute approximate surface area is 172 Å². The number of imidazole rings is 1. The third-order valence-electron chi connectivity index (χ3n) is 5.29. The highest BCUT2D eigenvalue weighted by Crippen LogP contribution is 2.23. The number of nitrogens with zero attached hydrogens (tertiary/aromatic N) is 2. The van der Waals surface area contributed by atoms with Gasteiger partial charge in [0.05, 0.1) is 17.1 Å². The fourth-order valence-corrected chi connectivity index (χ4v) is 3.56. The highest BCUT2D eigenvalue weighted by Gasteiger charge is 2.18. The number of hydrogen-bond acceptors (Lipinski definition) is 3. The zero-order valence-corrected chi connectivity index (χ0v) is 17.4. The van der Waals surface area contributed by atoms with E-state index in [4.69, 9.17) is 4.98 Å². The Hall–Kier alpha value is -2.95. The summed E-state index contributed by atoms with van der Waals surface area (Å²) in [7, 11) is 0. The predicted molar refractivity (Wildman–Crippen MR) is 116 cm³/mol. The summed E-state index contributed by atoms with van der Waals surface area (Å²) in [5, 5.41) is 2.99. The van der Waals surface area contributed by atoms with Gasteiger partial charge in [-0.3, -0.25) is 9.59 Å². The maximum absolute atomic E-state index is 12.2. The predicted octanol–water partition coefficient (Wildman–Crippen LogP) is 4.64. The van der Waals surface area contributed by atoms with Crippen molar-refractivity contribution in [1.82, 2.24) is 14.9 Å². The van der Waals surface area contributed by atoms with E-state index in [1.54, 1.807) is 6.92 Å². The molecule has 1 amide bonds. The van der Waals surface area contributed by atoms with Gasteiger partial charge in [0.2, 0.25) is 0 Å². The third-order valence-corrected chi connectivity index (χ3v) is 5.29. The molecule has 29 heavy (non-hydrogen) atoms. The Morgan fingerprint density at radius 2 is 1.86 bits per heavy atom. The number of hydrogen-bond donors (Lipinski definition) is 1. The monoisotopic (exact) mass is 391 g/mol. The van der Waals surface area contributed by atoms with Gasteiger partial charge >= 0.3 is 0 Å². The normalized spacial score (nSPS) is 12.1. The number of rotatable bonds is 9. The van der Waals surface area contributed by atoms with E-state index in [0.29, 0.717) is 12.1 Å². The first-order valence-corrected chi connectivity index (χ1v) is 10.3. The van der Waals surface area contributed by atoms with Crippen molar-refractivity contribution in [2.24, 2.45) is 0 Å². The molecule has 1 N–H and O–H groups in total. The first-order chi connectivity index (χ1) is 14.0. The van der Waals surface area contributed by atoms with Crippen molar-refractivity contribution in [3.63, 3.8) is 0 Å². The quantitative estimate of drug-likeness (QED) is 0.541. The molecule has 3 rings (SSSR count). The number of unbranched alkanes of at least 4 members (excludes halogenated alkanes) is 2. The summed E-state index contributed by atoms with van der Waals surface area (Å²) >= 11 is 0. The standard InChI is InChI=1S/C24H29N3O2/c1-17-10-9-11-20(16-17)24(29)25-15-8-4-5-14-23-26-21-12-6-7-13-22(21)27(23)18(2)19(3)28/h6-7,9-13,16,18H,4-5,8,14-15H2,1-3H3,(H,25,29). The summed E-state index contributed by atoms with van der Waals surface area (Å²) in [4.78, 5) is 28.9. The molecular formula is C24H29N3O2. The van der Waals surface area contributed by atoms with Crippen molar-refractivity contribution >= 4 is 22.7 Å². The molecule has 2 aromatic carbocycles. The van der Waals surface area contributed by atoms with Gasteiger partial charge in [-0.05, 0) is 57.9 Å². The van der Waals surface area contributed by atoms with Gasteiger partial charge in [0.1, 0.15) is 5.82 Å². The fraction of sp³-hybridized carbons (Fsp3) is 0.375. The molecule has 152 valence electrons. The molecule has 0 aliphatic rings. The van der Waals surface area contributed by atoms with Gasteiger partial charge in [-0.25, -0.2) is 4.98 Å². The van der Waals surface area contributed by atoms with Gasteiger partial charge in [-0.2, -0.15) is 0 Å². The highest BCUT2D eigenvalue weighted by atomic mass is 16.1. The SMILES string of the molecule is CC(=O)C(C)n1c(CCCCCNC(=O)c2cccc(C)c2)nc2ccccc21.